The molecule has 4 rings (SSSR count). The number of pyridine rings is 1. The van der Waals surface area contributed by atoms with Gasteiger partial charge in [0.1, 0.15) is 0 Å². The molecule has 4 aromatic rings. The second-order valence-corrected chi connectivity index (χ2v) is 9.57. The van der Waals surface area contributed by atoms with Crippen LogP contribution in [0.5, 0.6) is 0 Å². The summed E-state index contributed by atoms with van der Waals surface area (Å²) in [6.45, 7) is 1.79. The van der Waals surface area contributed by atoms with E-state index in [1.54, 1.807) is 41.7 Å². The Bertz CT molecular complexity index is 1400. The standard InChI is InChI=1S/C22H20ClN5O3S/c1-15(21-26-25-20-11-3-4-12-28(20)21)24-22(29)16-7-5-10-19(13-16)32(30,31)27(2)18-9-6-8-17(23)14-18/h3-15H,1-2H3,(H,24,29). The first-order chi connectivity index (χ1) is 15.3. The summed E-state index contributed by atoms with van der Waals surface area (Å²) in [6.07, 6.45) is 1.81. The number of anilines is 1. The molecule has 164 valence electrons. The molecule has 0 fully saturated rings. The van der Waals surface area contributed by atoms with Gasteiger partial charge in [-0.3, -0.25) is 13.5 Å². The van der Waals surface area contributed by atoms with Crippen LogP contribution < -0.4 is 9.62 Å². The average Bonchev–Trinajstić information content (AvgIpc) is 3.23. The summed E-state index contributed by atoms with van der Waals surface area (Å²) >= 11 is 5.99. The lowest BCUT2D eigenvalue weighted by atomic mass is 10.2. The Morgan fingerprint density at radius 2 is 1.84 bits per heavy atom. The van der Waals surface area contributed by atoms with E-state index in [0.29, 0.717) is 22.2 Å². The first kappa shape index (κ1) is 21.8. The number of amides is 1. The van der Waals surface area contributed by atoms with Gasteiger partial charge >= 0.3 is 0 Å². The van der Waals surface area contributed by atoms with Crippen molar-refractivity contribution in [2.45, 2.75) is 17.9 Å². The maximum atomic E-state index is 13.1. The summed E-state index contributed by atoms with van der Waals surface area (Å²) in [5, 5.41) is 11.5. The minimum Gasteiger partial charge on any atom is -0.342 e. The monoisotopic (exact) mass is 469 g/mol. The van der Waals surface area contributed by atoms with Crippen molar-refractivity contribution >= 4 is 38.9 Å². The molecular formula is C22H20ClN5O3S. The number of rotatable bonds is 6. The van der Waals surface area contributed by atoms with E-state index in [4.69, 9.17) is 11.6 Å². The smallest absolute Gasteiger partial charge is 0.264 e. The molecule has 1 N–H and O–H groups in total. The Hall–Kier alpha value is -3.43. The predicted molar refractivity (Wildman–Crippen MR) is 122 cm³/mol. The van der Waals surface area contributed by atoms with Crippen LogP contribution in [0.1, 0.15) is 29.1 Å². The summed E-state index contributed by atoms with van der Waals surface area (Å²) in [7, 11) is -2.46. The fraction of sp³-hybridized carbons (Fsp3) is 0.136. The molecule has 0 aliphatic carbocycles. The first-order valence-corrected chi connectivity index (χ1v) is 11.5. The summed E-state index contributed by atoms with van der Waals surface area (Å²) in [5.41, 5.74) is 1.30. The van der Waals surface area contributed by atoms with E-state index < -0.39 is 22.0 Å². The van der Waals surface area contributed by atoms with E-state index in [-0.39, 0.29) is 10.5 Å². The third kappa shape index (κ3) is 4.17. The zero-order valence-electron chi connectivity index (χ0n) is 17.3. The number of benzene rings is 2. The molecule has 2 aromatic carbocycles. The third-order valence-corrected chi connectivity index (χ3v) is 7.02. The molecule has 1 unspecified atom stereocenters. The average molecular weight is 470 g/mol. The summed E-state index contributed by atoms with van der Waals surface area (Å²) in [4.78, 5) is 12.8. The van der Waals surface area contributed by atoms with Crippen LogP contribution in [0.25, 0.3) is 5.65 Å². The molecule has 0 bridgehead atoms. The normalized spacial score (nSPS) is 12.5. The number of sulfonamides is 1. The topological polar surface area (TPSA) is 96.7 Å². The molecule has 0 saturated heterocycles. The van der Waals surface area contributed by atoms with Gasteiger partial charge in [0.05, 0.1) is 16.6 Å². The van der Waals surface area contributed by atoms with Crippen LogP contribution in [0.4, 0.5) is 5.69 Å². The Balaban J connectivity index is 1.57. The largest absolute Gasteiger partial charge is 0.342 e. The Morgan fingerprint density at radius 1 is 1.06 bits per heavy atom. The van der Waals surface area contributed by atoms with Crippen LogP contribution in [0.2, 0.25) is 5.02 Å². The van der Waals surface area contributed by atoms with Gasteiger partial charge in [-0.05, 0) is 55.5 Å². The van der Waals surface area contributed by atoms with Crippen molar-refractivity contribution in [2.75, 3.05) is 11.4 Å². The van der Waals surface area contributed by atoms with E-state index >= 15 is 0 Å². The fourth-order valence-corrected chi connectivity index (χ4v) is 4.68. The lowest BCUT2D eigenvalue weighted by molar-refractivity contribution is 0.0938. The molecule has 10 heteroatoms. The maximum Gasteiger partial charge on any atom is 0.264 e. The van der Waals surface area contributed by atoms with Crippen molar-refractivity contribution in [3.05, 3.63) is 89.3 Å². The lowest BCUT2D eigenvalue weighted by Crippen LogP contribution is -2.29. The van der Waals surface area contributed by atoms with Gasteiger partial charge in [0.25, 0.3) is 15.9 Å². The molecule has 0 aliphatic heterocycles. The van der Waals surface area contributed by atoms with Gasteiger partial charge in [0, 0.05) is 23.8 Å². The molecule has 1 amide bonds. The van der Waals surface area contributed by atoms with Crippen LogP contribution >= 0.6 is 11.6 Å². The summed E-state index contributed by atoms with van der Waals surface area (Å²) in [6, 6.07) is 17.5. The number of nitrogens with one attached hydrogen (secondary N) is 1. The highest BCUT2D eigenvalue weighted by Gasteiger charge is 2.23. The number of nitrogens with zero attached hydrogens (tertiary/aromatic N) is 4. The van der Waals surface area contributed by atoms with E-state index in [1.165, 1.54) is 25.2 Å². The van der Waals surface area contributed by atoms with Crippen molar-refractivity contribution in [3.8, 4) is 0 Å². The fourth-order valence-electron chi connectivity index (χ4n) is 3.27. The number of carbonyl (C=O) groups is 1. The van der Waals surface area contributed by atoms with Crippen LogP contribution in [0.3, 0.4) is 0 Å². The molecule has 1 atom stereocenters. The van der Waals surface area contributed by atoms with Gasteiger partial charge in [-0.15, -0.1) is 10.2 Å². The summed E-state index contributed by atoms with van der Waals surface area (Å²) in [5.74, 6) is 0.144. The molecule has 2 heterocycles. The van der Waals surface area contributed by atoms with Crippen LogP contribution in [0.15, 0.2) is 77.8 Å². The van der Waals surface area contributed by atoms with Gasteiger partial charge in [0.2, 0.25) is 0 Å². The van der Waals surface area contributed by atoms with Crippen molar-refractivity contribution in [1.82, 2.24) is 19.9 Å². The van der Waals surface area contributed by atoms with E-state index in [9.17, 15) is 13.2 Å². The molecule has 0 spiro atoms. The molecule has 32 heavy (non-hydrogen) atoms. The number of aromatic nitrogens is 3. The van der Waals surface area contributed by atoms with Gasteiger partial charge in [0.15, 0.2) is 11.5 Å². The van der Waals surface area contributed by atoms with Crippen LogP contribution in [-0.4, -0.2) is 36.0 Å². The van der Waals surface area contributed by atoms with Gasteiger partial charge < -0.3 is 5.32 Å². The zero-order chi connectivity index (χ0) is 22.9. The lowest BCUT2D eigenvalue weighted by Gasteiger charge is -2.20. The highest BCUT2D eigenvalue weighted by atomic mass is 35.5. The molecule has 2 aromatic heterocycles. The zero-order valence-corrected chi connectivity index (χ0v) is 18.9. The van der Waals surface area contributed by atoms with Crippen molar-refractivity contribution < 1.29 is 13.2 Å². The van der Waals surface area contributed by atoms with Crippen LogP contribution in [-0.2, 0) is 10.0 Å². The van der Waals surface area contributed by atoms with Crippen molar-refractivity contribution in [2.24, 2.45) is 0 Å². The van der Waals surface area contributed by atoms with Crippen molar-refractivity contribution in [1.29, 1.82) is 0 Å². The summed E-state index contributed by atoms with van der Waals surface area (Å²) < 4.78 is 29.1. The minimum absolute atomic E-state index is 0.00629. The number of hydrogen-bond acceptors (Lipinski definition) is 5. The van der Waals surface area contributed by atoms with E-state index in [1.807, 2.05) is 24.4 Å². The SMILES string of the molecule is CC(NC(=O)c1cccc(S(=O)(=O)N(C)c2cccc(Cl)c2)c1)c1nnc2ccccn12. The third-order valence-electron chi connectivity index (χ3n) is 5.00. The predicted octanol–water partition coefficient (Wildman–Crippen LogP) is 3.70. The van der Waals surface area contributed by atoms with Gasteiger partial charge in [-0.1, -0.05) is 29.8 Å². The van der Waals surface area contributed by atoms with Crippen LogP contribution in [0, 0.1) is 0 Å². The minimum atomic E-state index is -3.90. The second-order valence-electron chi connectivity index (χ2n) is 7.16. The second kappa shape index (κ2) is 8.60. The van der Waals surface area contributed by atoms with Gasteiger partial charge in [-0.25, -0.2) is 8.42 Å². The Labute approximate surface area is 190 Å². The van der Waals surface area contributed by atoms with E-state index in [2.05, 4.69) is 15.5 Å². The highest BCUT2D eigenvalue weighted by Crippen LogP contribution is 2.25. The first-order valence-electron chi connectivity index (χ1n) is 9.72. The van der Waals surface area contributed by atoms with E-state index in [0.717, 1.165) is 4.31 Å². The molecular weight excluding hydrogens is 450 g/mol. The number of carbonyl (C=O) groups excluding carboxylic acids is 1. The molecule has 0 aliphatic rings. The quantitative estimate of drug-likeness (QED) is 0.464. The Kier molecular flexibility index (Phi) is 5.86. The number of fused-ring (bicyclic) bond motifs is 1. The molecule has 0 saturated carbocycles. The van der Waals surface area contributed by atoms with Crippen molar-refractivity contribution in [3.63, 3.8) is 0 Å². The highest BCUT2D eigenvalue weighted by molar-refractivity contribution is 7.92. The molecule has 0 radical (unpaired) electrons. The number of hydrogen-bond donors (Lipinski definition) is 1. The van der Waals surface area contributed by atoms with Gasteiger partial charge in [-0.2, -0.15) is 0 Å². The molecule has 8 nitrogen and oxygen atoms in total. The Morgan fingerprint density at radius 3 is 2.62 bits per heavy atom. The number of halogens is 1. The maximum absolute atomic E-state index is 13.1.